The Labute approximate surface area is 98.2 Å². The van der Waals surface area contributed by atoms with E-state index in [0.717, 1.165) is 38.1 Å². The van der Waals surface area contributed by atoms with Gasteiger partial charge in [0.25, 0.3) is 0 Å². The summed E-state index contributed by atoms with van der Waals surface area (Å²) in [6.07, 6.45) is 9.30. The van der Waals surface area contributed by atoms with Crippen molar-refractivity contribution in [2.75, 3.05) is 6.54 Å². The van der Waals surface area contributed by atoms with Crippen LogP contribution in [0.4, 0.5) is 0 Å². The third-order valence-electron chi connectivity index (χ3n) is 4.22. The lowest BCUT2D eigenvalue weighted by atomic mass is 9.83. The fourth-order valence-corrected chi connectivity index (χ4v) is 2.71. The van der Waals surface area contributed by atoms with Crippen molar-refractivity contribution in [2.45, 2.75) is 57.4 Å². The molecule has 0 spiro atoms. The van der Waals surface area contributed by atoms with Crippen molar-refractivity contribution in [3.05, 3.63) is 0 Å². The Hall–Kier alpha value is -0.570. The lowest BCUT2D eigenvalue weighted by molar-refractivity contribution is -0.126. The van der Waals surface area contributed by atoms with Crippen LogP contribution in [0.1, 0.15) is 51.4 Å². The molecule has 0 aromatic carbocycles. The van der Waals surface area contributed by atoms with Crippen molar-refractivity contribution in [1.82, 2.24) is 5.32 Å². The maximum absolute atomic E-state index is 11.8. The quantitative estimate of drug-likeness (QED) is 0.765. The topological polar surface area (TPSA) is 55.1 Å². The summed E-state index contributed by atoms with van der Waals surface area (Å²) >= 11 is 0. The summed E-state index contributed by atoms with van der Waals surface area (Å²) in [6.45, 7) is 0.881. The molecular weight excluding hydrogens is 200 g/mol. The minimum atomic E-state index is 0.237. The summed E-state index contributed by atoms with van der Waals surface area (Å²) in [5, 5.41) is 3.09. The van der Waals surface area contributed by atoms with Gasteiger partial charge in [0, 0.05) is 18.5 Å². The first-order valence-corrected chi connectivity index (χ1v) is 6.79. The molecule has 3 heteroatoms. The zero-order chi connectivity index (χ0) is 11.4. The predicted octanol–water partition coefficient (Wildman–Crippen LogP) is 1.81. The number of nitrogens with two attached hydrogens (primary N) is 1. The van der Waals surface area contributed by atoms with Crippen LogP contribution in [-0.2, 0) is 4.79 Å². The first kappa shape index (κ1) is 11.9. The molecule has 0 radical (unpaired) electrons. The lowest BCUT2D eigenvalue weighted by Gasteiger charge is -2.27. The van der Waals surface area contributed by atoms with Crippen molar-refractivity contribution in [1.29, 1.82) is 0 Å². The maximum atomic E-state index is 11.8. The molecule has 3 nitrogen and oxygen atoms in total. The highest BCUT2D eigenvalue weighted by molar-refractivity contribution is 5.78. The second-order valence-corrected chi connectivity index (χ2v) is 5.49. The van der Waals surface area contributed by atoms with Crippen LogP contribution in [0.15, 0.2) is 0 Å². The average Bonchev–Trinajstić information content (AvgIpc) is 2.22. The van der Waals surface area contributed by atoms with E-state index >= 15 is 0 Å². The normalized spacial score (nSPS) is 30.8. The zero-order valence-corrected chi connectivity index (χ0v) is 10.1. The molecule has 16 heavy (non-hydrogen) atoms. The van der Waals surface area contributed by atoms with Crippen LogP contribution in [0.25, 0.3) is 0 Å². The summed E-state index contributed by atoms with van der Waals surface area (Å²) in [5.74, 6) is 1.40. The fourth-order valence-electron chi connectivity index (χ4n) is 2.71. The average molecular weight is 224 g/mol. The van der Waals surface area contributed by atoms with Crippen molar-refractivity contribution >= 4 is 5.91 Å². The Morgan fingerprint density at radius 2 is 1.81 bits per heavy atom. The predicted molar refractivity (Wildman–Crippen MR) is 64.9 cm³/mol. The Balaban J connectivity index is 1.59. The second kappa shape index (κ2) is 5.67. The molecule has 1 amide bonds. The molecule has 0 aliphatic heterocycles. The second-order valence-electron chi connectivity index (χ2n) is 5.49. The van der Waals surface area contributed by atoms with Gasteiger partial charge in [0.1, 0.15) is 0 Å². The van der Waals surface area contributed by atoms with Crippen LogP contribution >= 0.6 is 0 Å². The summed E-state index contributed by atoms with van der Waals surface area (Å²) in [7, 11) is 0. The van der Waals surface area contributed by atoms with Gasteiger partial charge in [0.15, 0.2) is 0 Å². The van der Waals surface area contributed by atoms with Crippen LogP contribution in [0.2, 0.25) is 0 Å². The molecule has 0 unspecified atom stereocenters. The smallest absolute Gasteiger partial charge is 0.223 e. The molecule has 2 fully saturated rings. The van der Waals surface area contributed by atoms with E-state index in [4.69, 9.17) is 5.73 Å². The minimum absolute atomic E-state index is 0.237. The van der Waals surface area contributed by atoms with Gasteiger partial charge in [0.2, 0.25) is 5.91 Å². The van der Waals surface area contributed by atoms with Crippen molar-refractivity contribution in [3.8, 4) is 0 Å². The minimum Gasteiger partial charge on any atom is -0.356 e. The van der Waals surface area contributed by atoms with Gasteiger partial charge in [-0.25, -0.2) is 0 Å². The van der Waals surface area contributed by atoms with Crippen molar-refractivity contribution in [2.24, 2.45) is 17.6 Å². The highest BCUT2D eigenvalue weighted by Gasteiger charge is 2.24. The van der Waals surface area contributed by atoms with Gasteiger partial charge in [-0.1, -0.05) is 19.3 Å². The molecule has 2 aliphatic carbocycles. The standard InChI is InChI=1S/C13H24N2O/c14-12-6-4-11(5-7-12)13(16)15-9-8-10-2-1-3-10/h10-12H,1-9,14H2,(H,15,16). The van der Waals surface area contributed by atoms with Gasteiger partial charge in [-0.15, -0.1) is 0 Å². The number of carbonyl (C=O) groups is 1. The Kier molecular flexibility index (Phi) is 4.22. The molecule has 0 heterocycles. The van der Waals surface area contributed by atoms with Gasteiger partial charge in [0.05, 0.1) is 0 Å². The number of carbonyl (C=O) groups excluding carboxylic acids is 1. The number of hydrogen-bond acceptors (Lipinski definition) is 2. The highest BCUT2D eigenvalue weighted by atomic mass is 16.1. The monoisotopic (exact) mass is 224 g/mol. The number of amides is 1. The zero-order valence-electron chi connectivity index (χ0n) is 10.1. The molecule has 3 N–H and O–H groups in total. The molecule has 2 aliphatic rings. The Bertz CT molecular complexity index is 230. The van der Waals surface area contributed by atoms with E-state index < -0.39 is 0 Å². The summed E-state index contributed by atoms with van der Waals surface area (Å²) in [6, 6.07) is 0.332. The van der Waals surface area contributed by atoms with Crippen molar-refractivity contribution < 1.29 is 4.79 Å². The number of hydrogen-bond donors (Lipinski definition) is 2. The van der Waals surface area contributed by atoms with Crippen LogP contribution in [0.5, 0.6) is 0 Å². The van der Waals surface area contributed by atoms with Crippen molar-refractivity contribution in [3.63, 3.8) is 0 Å². The first-order chi connectivity index (χ1) is 7.75. The van der Waals surface area contributed by atoms with E-state index in [1.165, 1.54) is 25.7 Å². The van der Waals surface area contributed by atoms with E-state index in [1.54, 1.807) is 0 Å². The van der Waals surface area contributed by atoms with Crippen LogP contribution in [0.3, 0.4) is 0 Å². The molecule has 0 aromatic heterocycles. The third-order valence-corrected chi connectivity index (χ3v) is 4.22. The first-order valence-electron chi connectivity index (χ1n) is 6.79. The summed E-state index contributed by atoms with van der Waals surface area (Å²) in [4.78, 5) is 11.8. The van der Waals surface area contributed by atoms with E-state index in [-0.39, 0.29) is 11.8 Å². The molecular formula is C13H24N2O. The molecule has 2 rings (SSSR count). The van der Waals surface area contributed by atoms with Gasteiger partial charge in [-0.3, -0.25) is 4.79 Å². The Morgan fingerprint density at radius 1 is 1.12 bits per heavy atom. The van der Waals surface area contributed by atoms with E-state index in [2.05, 4.69) is 5.32 Å². The summed E-state index contributed by atoms with van der Waals surface area (Å²) < 4.78 is 0. The van der Waals surface area contributed by atoms with Gasteiger partial charge in [-0.05, 0) is 38.0 Å². The molecule has 0 bridgehead atoms. The lowest BCUT2D eigenvalue weighted by Crippen LogP contribution is -2.37. The number of nitrogens with one attached hydrogen (secondary N) is 1. The van der Waals surface area contributed by atoms with E-state index in [0.29, 0.717) is 6.04 Å². The molecule has 92 valence electrons. The SMILES string of the molecule is NC1CCC(C(=O)NCCC2CCC2)CC1. The summed E-state index contributed by atoms with van der Waals surface area (Å²) in [5.41, 5.74) is 5.83. The molecule has 0 saturated heterocycles. The van der Waals surface area contributed by atoms with Gasteiger partial charge < -0.3 is 11.1 Å². The van der Waals surface area contributed by atoms with Gasteiger partial charge in [-0.2, -0.15) is 0 Å². The van der Waals surface area contributed by atoms with Crippen LogP contribution in [-0.4, -0.2) is 18.5 Å². The maximum Gasteiger partial charge on any atom is 0.223 e. The number of rotatable bonds is 4. The largest absolute Gasteiger partial charge is 0.356 e. The van der Waals surface area contributed by atoms with E-state index in [1.807, 2.05) is 0 Å². The molecule has 0 atom stereocenters. The van der Waals surface area contributed by atoms with Crippen LogP contribution in [0, 0.1) is 11.8 Å². The van der Waals surface area contributed by atoms with E-state index in [9.17, 15) is 4.79 Å². The Morgan fingerprint density at radius 3 is 2.38 bits per heavy atom. The third kappa shape index (κ3) is 3.21. The molecule has 2 saturated carbocycles. The fraction of sp³-hybridized carbons (Fsp3) is 0.923. The van der Waals surface area contributed by atoms with Gasteiger partial charge >= 0.3 is 0 Å². The highest BCUT2D eigenvalue weighted by Crippen LogP contribution is 2.29. The molecule has 0 aromatic rings. The van der Waals surface area contributed by atoms with Crippen LogP contribution < -0.4 is 11.1 Å².